The highest BCUT2D eigenvalue weighted by Gasteiger charge is 2.29. The number of carbonyl (C=O) groups is 5. The average molecular weight is 611 g/mol. The predicted octanol–water partition coefficient (Wildman–Crippen LogP) is 0.192. The minimum atomic E-state index is -0.950. The number of carbonyl (C=O) groups excluding carboxylic acids is 5. The average Bonchev–Trinajstić information content (AvgIpc) is 2.93. The minimum Gasteiger partial charge on any atom is -0.508 e. The van der Waals surface area contributed by atoms with Crippen molar-refractivity contribution < 1.29 is 29.1 Å². The smallest absolute Gasteiger partial charge is 0.243 e. The number of nitrogens with one attached hydrogen (secondary N) is 5. The minimum absolute atomic E-state index is 0.0778. The number of unbranched alkanes of at least 4 members (excludes halogenated alkanes) is 1. The quantitative estimate of drug-likeness (QED) is 0.167. The summed E-state index contributed by atoms with van der Waals surface area (Å²) in [5.41, 5.74) is 6.31. The Balaban J connectivity index is 2.20. The van der Waals surface area contributed by atoms with Crippen molar-refractivity contribution in [1.29, 1.82) is 0 Å². The summed E-state index contributed by atoms with van der Waals surface area (Å²) in [4.78, 5) is 64.5. The molecule has 0 radical (unpaired) electrons. The highest BCUT2D eigenvalue weighted by atomic mass is 33.1. The van der Waals surface area contributed by atoms with Crippen LogP contribution in [0.1, 0.15) is 45.1 Å². The van der Waals surface area contributed by atoms with E-state index in [1.54, 1.807) is 12.1 Å². The van der Waals surface area contributed by atoms with Crippen LogP contribution in [0, 0.1) is 5.92 Å². The first kappa shape index (κ1) is 34.2. The Labute approximate surface area is 248 Å². The summed E-state index contributed by atoms with van der Waals surface area (Å²) in [6, 6.07) is 3.62. The molecule has 0 bridgehead atoms. The van der Waals surface area contributed by atoms with Gasteiger partial charge in [0.15, 0.2) is 0 Å². The van der Waals surface area contributed by atoms with Crippen molar-refractivity contribution in [3.05, 3.63) is 29.8 Å². The van der Waals surface area contributed by atoms with Crippen LogP contribution in [0.5, 0.6) is 5.75 Å². The number of hydrogen-bond acceptors (Lipinski definition) is 9. The molecule has 8 N–H and O–H groups in total. The molecule has 1 aromatic rings. The Hall–Kier alpha value is -2.97. The van der Waals surface area contributed by atoms with Crippen molar-refractivity contribution in [3.63, 3.8) is 0 Å². The van der Waals surface area contributed by atoms with Crippen LogP contribution in [-0.2, 0) is 30.4 Å². The molecule has 0 unspecified atom stereocenters. The second-order valence-electron chi connectivity index (χ2n) is 10.0. The van der Waals surface area contributed by atoms with E-state index in [1.807, 2.05) is 13.8 Å². The first-order chi connectivity index (χ1) is 19.6. The van der Waals surface area contributed by atoms with Crippen LogP contribution in [0.25, 0.3) is 0 Å². The van der Waals surface area contributed by atoms with Gasteiger partial charge < -0.3 is 37.4 Å². The number of rotatable bonds is 7. The molecular formula is C27H42N6O6S2. The molecule has 0 saturated carbocycles. The number of phenols is 1. The van der Waals surface area contributed by atoms with E-state index in [0.717, 1.165) is 0 Å². The van der Waals surface area contributed by atoms with E-state index >= 15 is 0 Å². The lowest BCUT2D eigenvalue weighted by atomic mass is 10.0. The van der Waals surface area contributed by atoms with Gasteiger partial charge in [0, 0.05) is 30.9 Å². The number of benzene rings is 1. The van der Waals surface area contributed by atoms with Crippen LogP contribution in [0.2, 0.25) is 0 Å². The number of amides is 5. The maximum atomic E-state index is 13.2. The van der Waals surface area contributed by atoms with Crippen LogP contribution in [0.15, 0.2) is 24.3 Å². The van der Waals surface area contributed by atoms with Crippen molar-refractivity contribution in [2.24, 2.45) is 11.7 Å². The van der Waals surface area contributed by atoms with E-state index in [0.29, 0.717) is 49.4 Å². The van der Waals surface area contributed by atoms with Gasteiger partial charge in [0.1, 0.15) is 23.9 Å². The maximum absolute atomic E-state index is 13.2. The molecular weight excluding hydrogens is 568 g/mol. The van der Waals surface area contributed by atoms with E-state index in [-0.39, 0.29) is 36.3 Å². The molecule has 0 aromatic heterocycles. The van der Waals surface area contributed by atoms with Crippen molar-refractivity contribution in [2.75, 3.05) is 31.1 Å². The van der Waals surface area contributed by atoms with E-state index in [4.69, 9.17) is 5.73 Å². The summed E-state index contributed by atoms with van der Waals surface area (Å²) in [7, 11) is 2.99. The third-order valence-electron chi connectivity index (χ3n) is 6.28. The lowest BCUT2D eigenvalue weighted by Crippen LogP contribution is -2.56. The third kappa shape index (κ3) is 13.0. The number of phenolic OH excluding ortho intramolecular Hbond substituents is 1. The van der Waals surface area contributed by atoms with Crippen molar-refractivity contribution in [3.8, 4) is 5.75 Å². The molecule has 1 heterocycles. The molecule has 12 nitrogen and oxygen atoms in total. The molecule has 1 saturated heterocycles. The lowest BCUT2D eigenvalue weighted by Gasteiger charge is -2.25. The first-order valence-corrected chi connectivity index (χ1v) is 16.3. The maximum Gasteiger partial charge on any atom is 0.243 e. The highest BCUT2D eigenvalue weighted by Crippen LogP contribution is 2.21. The largest absolute Gasteiger partial charge is 0.508 e. The molecule has 1 aliphatic heterocycles. The third-order valence-corrected chi connectivity index (χ3v) is 8.69. The Kier molecular flexibility index (Phi) is 15.4. The highest BCUT2D eigenvalue weighted by molar-refractivity contribution is 8.76. The van der Waals surface area contributed by atoms with E-state index < -0.39 is 42.4 Å². The summed E-state index contributed by atoms with van der Waals surface area (Å²) in [5, 5.41) is 23.1. The topological polar surface area (TPSA) is 192 Å². The molecule has 41 heavy (non-hydrogen) atoms. The Morgan fingerprint density at radius 2 is 1.54 bits per heavy atom. The van der Waals surface area contributed by atoms with Crippen LogP contribution >= 0.6 is 21.6 Å². The van der Waals surface area contributed by atoms with Gasteiger partial charge in [-0.2, -0.15) is 0 Å². The predicted molar refractivity (Wildman–Crippen MR) is 161 cm³/mol. The van der Waals surface area contributed by atoms with Crippen molar-refractivity contribution in [1.82, 2.24) is 26.6 Å². The number of nitrogens with two attached hydrogens (primary N) is 1. The van der Waals surface area contributed by atoms with Gasteiger partial charge >= 0.3 is 0 Å². The van der Waals surface area contributed by atoms with E-state index in [9.17, 15) is 29.1 Å². The summed E-state index contributed by atoms with van der Waals surface area (Å²) in [6.45, 7) is 4.05. The number of aromatic hydroxyl groups is 1. The lowest BCUT2D eigenvalue weighted by molar-refractivity contribution is -0.133. The fourth-order valence-corrected chi connectivity index (χ4v) is 5.90. The van der Waals surface area contributed by atoms with Gasteiger partial charge in [0.2, 0.25) is 29.5 Å². The molecule has 1 fully saturated rings. The molecule has 14 heteroatoms. The van der Waals surface area contributed by atoms with Gasteiger partial charge in [0.05, 0.1) is 6.54 Å². The van der Waals surface area contributed by atoms with Crippen LogP contribution in [0.3, 0.4) is 0 Å². The molecule has 5 amide bonds. The van der Waals surface area contributed by atoms with Gasteiger partial charge in [0.25, 0.3) is 0 Å². The SMILES string of the molecule is CC(C)[C@@H]1NC(=O)[C@H](CCCCN)NC(=O)CNC(=O)[C@H](Cc2ccc(O)cc2)NC(=O)CCSSCCNC1=O. The molecule has 0 aliphatic carbocycles. The van der Waals surface area contributed by atoms with E-state index in [2.05, 4.69) is 26.6 Å². The van der Waals surface area contributed by atoms with Crippen LogP contribution in [0.4, 0.5) is 0 Å². The fraction of sp³-hybridized carbons (Fsp3) is 0.593. The molecule has 0 spiro atoms. The fourth-order valence-electron chi connectivity index (χ4n) is 4.01. The second kappa shape index (κ2) is 18.5. The summed E-state index contributed by atoms with van der Waals surface area (Å²) in [6.07, 6.45) is 1.87. The number of hydrogen-bond donors (Lipinski definition) is 7. The summed E-state index contributed by atoms with van der Waals surface area (Å²) in [5.74, 6) is -1.29. The van der Waals surface area contributed by atoms with Crippen LogP contribution in [-0.4, -0.2) is 83.9 Å². The zero-order chi connectivity index (χ0) is 30.2. The summed E-state index contributed by atoms with van der Waals surface area (Å²) < 4.78 is 0. The zero-order valence-corrected chi connectivity index (χ0v) is 25.2. The van der Waals surface area contributed by atoms with Gasteiger partial charge in [-0.1, -0.05) is 47.6 Å². The van der Waals surface area contributed by atoms with E-state index in [1.165, 1.54) is 33.7 Å². The standard InChI is InChI=1S/C27H42N6O6S2/c1-17(2)24-27(39)29-12-14-41-40-13-10-22(35)32-21(15-18-6-8-19(34)9-7-18)25(37)30-16-23(36)31-20(26(38)33-24)5-3-4-11-28/h6-9,17,20-21,24,34H,3-5,10-16,28H2,1-2H3,(H,29,39)(H,30,37)(H,31,36)(H,32,35)(H,33,38)/t20-,21-,24-/m0/s1. The molecule has 1 aromatic carbocycles. The Morgan fingerprint density at radius 1 is 0.854 bits per heavy atom. The normalized spacial score (nSPS) is 22.6. The second-order valence-corrected chi connectivity index (χ2v) is 12.7. The first-order valence-electron chi connectivity index (χ1n) is 13.8. The van der Waals surface area contributed by atoms with Gasteiger partial charge in [-0.15, -0.1) is 0 Å². The Morgan fingerprint density at radius 3 is 2.22 bits per heavy atom. The molecule has 3 atom stereocenters. The molecule has 1 aliphatic rings. The van der Waals surface area contributed by atoms with Gasteiger partial charge in [-0.05, 0) is 49.4 Å². The van der Waals surface area contributed by atoms with Crippen molar-refractivity contribution >= 4 is 51.1 Å². The molecule has 2 rings (SSSR count). The zero-order valence-electron chi connectivity index (χ0n) is 23.6. The van der Waals surface area contributed by atoms with Gasteiger partial charge in [-0.3, -0.25) is 24.0 Å². The molecule has 228 valence electrons. The Bertz CT molecular complexity index is 1030. The summed E-state index contributed by atoms with van der Waals surface area (Å²) >= 11 is 0. The van der Waals surface area contributed by atoms with Crippen LogP contribution < -0.4 is 32.3 Å². The monoisotopic (exact) mass is 610 g/mol. The van der Waals surface area contributed by atoms with Gasteiger partial charge in [-0.25, -0.2) is 0 Å². The van der Waals surface area contributed by atoms with Crippen molar-refractivity contribution in [2.45, 2.75) is 64.1 Å².